The molecule has 6 heteroatoms. The van der Waals surface area contributed by atoms with Gasteiger partial charge in [-0.3, -0.25) is 20.6 Å². The molecular weight excluding hydrogens is 332 g/mol. The van der Waals surface area contributed by atoms with Crippen molar-refractivity contribution in [1.29, 1.82) is 0 Å². The first-order chi connectivity index (χ1) is 12.7. The Kier molecular flexibility index (Phi) is 4.65. The zero-order valence-corrected chi connectivity index (χ0v) is 14.3. The first-order valence-corrected chi connectivity index (χ1v) is 8.74. The summed E-state index contributed by atoms with van der Waals surface area (Å²) in [6, 6.07) is 9.84. The molecule has 0 bridgehead atoms. The quantitative estimate of drug-likeness (QED) is 0.493. The molecule has 0 aromatic heterocycles. The summed E-state index contributed by atoms with van der Waals surface area (Å²) in [5.74, 6) is 5.92. The van der Waals surface area contributed by atoms with Crippen LogP contribution in [0.4, 0.5) is 0 Å². The van der Waals surface area contributed by atoms with Gasteiger partial charge in [0.05, 0.1) is 6.61 Å². The van der Waals surface area contributed by atoms with Gasteiger partial charge in [-0.1, -0.05) is 30.2 Å². The van der Waals surface area contributed by atoms with Crippen molar-refractivity contribution in [3.8, 4) is 11.8 Å². The second kappa shape index (κ2) is 7.24. The molecule has 0 amide bonds. The number of hydrogen-bond donors (Lipinski definition) is 2. The lowest BCUT2D eigenvalue weighted by molar-refractivity contribution is -0.150. The topological polar surface area (TPSA) is 68.8 Å². The minimum absolute atomic E-state index is 0.307. The normalized spacial score (nSPS) is 27.1. The molecule has 134 valence electrons. The molecule has 0 saturated carbocycles. The highest BCUT2D eigenvalue weighted by atomic mass is 16.7. The van der Waals surface area contributed by atoms with E-state index >= 15 is 0 Å². The predicted octanol–water partition coefficient (Wildman–Crippen LogP) is 2.10. The number of benzene rings is 1. The maximum absolute atomic E-state index is 11.4. The number of allylic oxidation sites excluding steroid dienone is 2. The molecule has 1 spiro atoms. The Hall–Kier alpha value is -2.75. The largest absolute Gasteiger partial charge is 0.464 e. The van der Waals surface area contributed by atoms with E-state index in [2.05, 4.69) is 22.8 Å². The van der Waals surface area contributed by atoms with Crippen LogP contribution in [0.25, 0.3) is 0 Å². The van der Waals surface area contributed by atoms with Crippen molar-refractivity contribution in [2.75, 3.05) is 6.61 Å². The van der Waals surface area contributed by atoms with Crippen molar-refractivity contribution < 1.29 is 19.2 Å². The second-order valence-electron chi connectivity index (χ2n) is 6.54. The van der Waals surface area contributed by atoms with E-state index < -0.39 is 6.10 Å². The van der Waals surface area contributed by atoms with Crippen molar-refractivity contribution in [2.24, 2.45) is 0 Å². The van der Waals surface area contributed by atoms with Crippen molar-refractivity contribution >= 4 is 5.97 Å². The number of nitrogens with one attached hydrogen (secondary N) is 2. The lowest BCUT2D eigenvalue weighted by Crippen LogP contribution is -2.34. The highest BCUT2D eigenvalue weighted by Crippen LogP contribution is 2.34. The summed E-state index contributed by atoms with van der Waals surface area (Å²) in [4.78, 5) is 22.6. The Balaban J connectivity index is 1.34. The molecule has 6 nitrogen and oxygen atoms in total. The van der Waals surface area contributed by atoms with Gasteiger partial charge in [-0.2, -0.15) is 0 Å². The Labute approximate surface area is 152 Å². The summed E-state index contributed by atoms with van der Waals surface area (Å²) in [5.41, 5.74) is 8.15. The van der Waals surface area contributed by atoms with Crippen molar-refractivity contribution in [3.05, 3.63) is 59.4 Å². The highest BCUT2D eigenvalue weighted by Gasteiger charge is 2.36. The molecule has 2 N–H and O–H groups in total. The van der Waals surface area contributed by atoms with Crippen LogP contribution >= 0.6 is 0 Å². The van der Waals surface area contributed by atoms with Gasteiger partial charge in [-0.05, 0) is 37.0 Å². The number of hydrogen-bond acceptors (Lipinski definition) is 6. The Morgan fingerprint density at radius 1 is 1.27 bits per heavy atom. The van der Waals surface area contributed by atoms with Gasteiger partial charge in [0.1, 0.15) is 11.3 Å². The fourth-order valence-corrected chi connectivity index (χ4v) is 3.10. The summed E-state index contributed by atoms with van der Waals surface area (Å²) in [5, 5.41) is 0. The van der Waals surface area contributed by atoms with E-state index in [1.165, 1.54) is 0 Å². The Morgan fingerprint density at radius 2 is 2.15 bits per heavy atom. The average Bonchev–Trinajstić information content (AvgIpc) is 3.27. The van der Waals surface area contributed by atoms with Crippen LogP contribution in [0.2, 0.25) is 0 Å². The van der Waals surface area contributed by atoms with E-state index in [0.29, 0.717) is 19.4 Å². The zero-order chi connectivity index (χ0) is 17.8. The third kappa shape index (κ3) is 3.74. The lowest BCUT2D eigenvalue weighted by Gasteiger charge is -2.29. The number of rotatable bonds is 3. The fourth-order valence-electron chi connectivity index (χ4n) is 3.10. The molecule has 1 fully saturated rings. The minimum Gasteiger partial charge on any atom is -0.464 e. The van der Waals surface area contributed by atoms with Gasteiger partial charge in [0, 0.05) is 24.1 Å². The van der Waals surface area contributed by atoms with Gasteiger partial charge in [-0.15, -0.1) is 0 Å². The number of esters is 1. The number of cyclic esters (lactones) is 1. The van der Waals surface area contributed by atoms with E-state index in [9.17, 15) is 4.79 Å². The maximum atomic E-state index is 11.4. The Bertz CT molecular complexity index is 806. The lowest BCUT2D eigenvalue weighted by atomic mass is 9.87. The zero-order valence-electron chi connectivity index (χ0n) is 14.3. The molecule has 1 saturated heterocycles. The molecule has 26 heavy (non-hydrogen) atoms. The molecule has 1 aromatic carbocycles. The third-order valence-electron chi connectivity index (χ3n) is 4.62. The van der Waals surface area contributed by atoms with Crippen LogP contribution in [0.1, 0.15) is 31.2 Å². The predicted molar refractivity (Wildman–Crippen MR) is 93.9 cm³/mol. The van der Waals surface area contributed by atoms with Crippen LogP contribution in [0, 0.1) is 11.8 Å². The number of carbonyl (C=O) groups excluding carboxylic acids is 1. The van der Waals surface area contributed by atoms with Crippen LogP contribution in [-0.2, 0) is 19.2 Å². The van der Waals surface area contributed by atoms with Crippen LogP contribution in [0.5, 0.6) is 0 Å². The standard InChI is InChI=1S/C20H20N2O4/c23-19-18(10-13-24-19)25-21-16-8-11-20(12-9-16)14-17(22-26-20)7-6-15-4-2-1-3-5-15/h1-5,8,14,18,21-22H,9-13H2. The number of ether oxygens (including phenoxy) is 1. The summed E-state index contributed by atoms with van der Waals surface area (Å²) in [6.07, 6.45) is 6.42. The molecule has 0 radical (unpaired) electrons. The van der Waals surface area contributed by atoms with Gasteiger partial charge in [0.2, 0.25) is 0 Å². The van der Waals surface area contributed by atoms with E-state index in [-0.39, 0.29) is 11.6 Å². The first kappa shape index (κ1) is 16.7. The molecule has 3 aliphatic rings. The fraction of sp³-hybridized carbons (Fsp3) is 0.350. The third-order valence-corrected chi connectivity index (χ3v) is 4.62. The van der Waals surface area contributed by atoms with E-state index in [4.69, 9.17) is 14.4 Å². The van der Waals surface area contributed by atoms with Crippen LogP contribution in [0.3, 0.4) is 0 Å². The molecule has 2 aliphatic heterocycles. The number of carbonyl (C=O) groups is 1. The van der Waals surface area contributed by atoms with E-state index in [1.807, 2.05) is 42.5 Å². The van der Waals surface area contributed by atoms with Gasteiger partial charge in [0.15, 0.2) is 6.10 Å². The van der Waals surface area contributed by atoms with Crippen molar-refractivity contribution in [2.45, 2.75) is 37.4 Å². The second-order valence-corrected chi connectivity index (χ2v) is 6.54. The highest BCUT2D eigenvalue weighted by molar-refractivity contribution is 5.76. The minimum atomic E-state index is -0.518. The molecule has 4 rings (SSSR count). The molecule has 1 aliphatic carbocycles. The maximum Gasteiger partial charge on any atom is 0.338 e. The smallest absolute Gasteiger partial charge is 0.338 e. The van der Waals surface area contributed by atoms with Crippen molar-refractivity contribution in [1.82, 2.24) is 11.0 Å². The molecule has 2 heterocycles. The summed E-state index contributed by atoms with van der Waals surface area (Å²) in [6.45, 7) is 0.421. The van der Waals surface area contributed by atoms with Gasteiger partial charge < -0.3 is 4.74 Å². The van der Waals surface area contributed by atoms with Gasteiger partial charge in [-0.25, -0.2) is 4.79 Å². The van der Waals surface area contributed by atoms with Crippen LogP contribution in [-0.4, -0.2) is 24.3 Å². The molecule has 2 unspecified atom stereocenters. The van der Waals surface area contributed by atoms with Crippen molar-refractivity contribution in [3.63, 3.8) is 0 Å². The SMILES string of the molecule is O=C1OCCC1ONC1=CCC2(C=C(C#Cc3ccccc3)NO2)CC1. The number of hydroxylamine groups is 2. The van der Waals surface area contributed by atoms with Crippen LogP contribution < -0.4 is 11.0 Å². The molecule has 1 aromatic rings. The summed E-state index contributed by atoms with van der Waals surface area (Å²) < 4.78 is 4.88. The average molecular weight is 352 g/mol. The summed E-state index contributed by atoms with van der Waals surface area (Å²) in [7, 11) is 0. The summed E-state index contributed by atoms with van der Waals surface area (Å²) >= 11 is 0. The molecular formula is C20H20N2O4. The van der Waals surface area contributed by atoms with Crippen LogP contribution in [0.15, 0.2) is 53.9 Å². The Morgan fingerprint density at radius 3 is 2.88 bits per heavy atom. The van der Waals surface area contributed by atoms with Gasteiger partial charge in [0.25, 0.3) is 0 Å². The van der Waals surface area contributed by atoms with E-state index in [1.54, 1.807) is 0 Å². The monoisotopic (exact) mass is 352 g/mol. The van der Waals surface area contributed by atoms with Gasteiger partial charge >= 0.3 is 5.97 Å². The molecule has 2 atom stereocenters. The first-order valence-electron chi connectivity index (χ1n) is 8.74. The van der Waals surface area contributed by atoms with E-state index in [0.717, 1.165) is 29.8 Å².